The highest BCUT2D eigenvalue weighted by Gasteiger charge is 2.25. The standard InChI is InChI=1S/C32H32BrNS.C21H26.C13H11BrS/c1-31(2,3)21-7-17-29-27(19-21)28-20-22(32(4,5)6)8-18-30(28)34(29)24-11-15-26(16-12-24)35-25-13-9-23(33)10-14-25;1-20(2,3)16-9-7-14-11-15-8-10-17(21(4,5)6)13-19(15)18(14)12-16;1-10-2-6-12(7-3-10)15-13-8-4-11(14)5-9-13/h7-20H,1-6H3;7-10,12-13H,11H2,1-6H3;2-9H,1H3. The van der Waals surface area contributed by atoms with Crippen molar-refractivity contribution in [2.75, 3.05) is 0 Å². The Labute approximate surface area is 450 Å². The van der Waals surface area contributed by atoms with Crippen LogP contribution in [0.1, 0.15) is 122 Å². The van der Waals surface area contributed by atoms with Gasteiger partial charge in [0.1, 0.15) is 0 Å². The maximum atomic E-state index is 3.52. The number of halogens is 2. The SMILES string of the molecule is CC(C)(C)c1ccc2c(c1)-c1cc(C(C)(C)C)ccc1C2.CC(C)(C)c1ccc2c(c1)c1cc(C(C)(C)C)ccc1n2-c1ccc(Sc2ccc(Br)cc2)cc1.Cc1ccc(Sc2ccc(Br)cc2)cc1. The van der Waals surface area contributed by atoms with E-state index in [0.717, 1.165) is 15.4 Å². The smallest absolute Gasteiger partial charge is 0.0541 e. The van der Waals surface area contributed by atoms with Crippen molar-refractivity contribution in [2.45, 2.75) is 138 Å². The molecule has 10 rings (SSSR count). The molecule has 1 heterocycles. The maximum absolute atomic E-state index is 3.52. The Bertz CT molecular complexity index is 3120. The molecule has 1 aliphatic rings. The van der Waals surface area contributed by atoms with E-state index in [0.29, 0.717) is 0 Å². The molecule has 9 aromatic rings. The molecule has 8 aromatic carbocycles. The summed E-state index contributed by atoms with van der Waals surface area (Å²) in [6, 6.07) is 62.5. The van der Waals surface area contributed by atoms with Crippen molar-refractivity contribution in [3.05, 3.63) is 218 Å². The molecule has 0 fully saturated rings. The summed E-state index contributed by atoms with van der Waals surface area (Å²) in [7, 11) is 0. The number of aryl methyl sites for hydroxylation is 1. The van der Waals surface area contributed by atoms with Gasteiger partial charge >= 0.3 is 0 Å². The summed E-state index contributed by atoms with van der Waals surface area (Å²) in [5, 5.41) is 2.65. The van der Waals surface area contributed by atoms with E-state index in [9.17, 15) is 0 Å². The Morgan fingerprint density at radius 2 is 0.676 bits per heavy atom. The molecule has 0 N–H and O–H groups in total. The monoisotopic (exact) mass is 1100 g/mol. The summed E-state index contributed by atoms with van der Waals surface area (Å²) in [5.41, 5.74) is 17.1. The molecule has 0 amide bonds. The van der Waals surface area contributed by atoms with Crippen molar-refractivity contribution in [1.82, 2.24) is 4.57 Å². The summed E-state index contributed by atoms with van der Waals surface area (Å²) in [5.74, 6) is 0. The van der Waals surface area contributed by atoms with E-state index < -0.39 is 0 Å². The second-order valence-electron chi connectivity index (χ2n) is 23.1. The number of aromatic nitrogens is 1. The van der Waals surface area contributed by atoms with E-state index in [-0.39, 0.29) is 21.7 Å². The van der Waals surface area contributed by atoms with E-state index in [2.05, 4.69) is 296 Å². The van der Waals surface area contributed by atoms with Gasteiger partial charge in [0.25, 0.3) is 0 Å². The lowest BCUT2D eigenvalue weighted by Crippen LogP contribution is -2.11. The fourth-order valence-corrected chi connectivity index (χ4v) is 11.0. The first kappa shape index (κ1) is 52.5. The van der Waals surface area contributed by atoms with Crippen LogP contribution in [0.2, 0.25) is 0 Å². The Kier molecular flexibility index (Phi) is 15.5. The molecule has 71 heavy (non-hydrogen) atoms. The summed E-state index contributed by atoms with van der Waals surface area (Å²) in [6.45, 7) is 29.6. The molecular formula is C66H69Br2NS2. The molecule has 1 aromatic heterocycles. The number of fused-ring (bicyclic) bond motifs is 6. The minimum atomic E-state index is 0.107. The van der Waals surface area contributed by atoms with Gasteiger partial charge in [0, 0.05) is 45.0 Å². The van der Waals surface area contributed by atoms with Crippen molar-refractivity contribution >= 4 is 77.2 Å². The summed E-state index contributed by atoms with van der Waals surface area (Å²) in [6.07, 6.45) is 1.08. The largest absolute Gasteiger partial charge is 0.309 e. The van der Waals surface area contributed by atoms with Crippen LogP contribution in [0.3, 0.4) is 0 Å². The number of hydrogen-bond acceptors (Lipinski definition) is 2. The highest BCUT2D eigenvalue weighted by atomic mass is 79.9. The van der Waals surface area contributed by atoms with Crippen LogP contribution in [0.25, 0.3) is 38.6 Å². The zero-order chi connectivity index (χ0) is 51.0. The van der Waals surface area contributed by atoms with E-state index in [4.69, 9.17) is 0 Å². The van der Waals surface area contributed by atoms with Gasteiger partial charge in [-0.1, -0.05) is 205 Å². The molecule has 0 bridgehead atoms. The van der Waals surface area contributed by atoms with Gasteiger partial charge in [-0.3, -0.25) is 0 Å². The number of hydrogen-bond donors (Lipinski definition) is 0. The lowest BCUT2D eigenvalue weighted by Gasteiger charge is -2.21. The highest BCUT2D eigenvalue weighted by Crippen LogP contribution is 2.42. The van der Waals surface area contributed by atoms with Gasteiger partial charge in [-0.2, -0.15) is 0 Å². The molecule has 364 valence electrons. The zero-order valence-corrected chi connectivity index (χ0v) is 48.7. The molecule has 1 nitrogen and oxygen atoms in total. The number of nitrogens with zero attached hydrogens (tertiary/aromatic N) is 1. The third-order valence-corrected chi connectivity index (χ3v) is 16.4. The van der Waals surface area contributed by atoms with Crippen molar-refractivity contribution in [2.24, 2.45) is 0 Å². The van der Waals surface area contributed by atoms with Gasteiger partial charge in [0.15, 0.2) is 0 Å². The molecular weight excluding hydrogens is 1030 g/mol. The molecule has 0 radical (unpaired) electrons. The highest BCUT2D eigenvalue weighted by molar-refractivity contribution is 9.10. The van der Waals surface area contributed by atoms with Crippen molar-refractivity contribution in [1.29, 1.82) is 0 Å². The second-order valence-corrected chi connectivity index (χ2v) is 27.3. The first-order valence-electron chi connectivity index (χ1n) is 24.8. The fourth-order valence-electron chi connectivity index (χ4n) is 8.88. The van der Waals surface area contributed by atoms with E-state index in [1.807, 2.05) is 0 Å². The molecule has 0 saturated heterocycles. The van der Waals surface area contributed by atoms with Crippen LogP contribution in [0, 0.1) is 6.92 Å². The van der Waals surface area contributed by atoms with Gasteiger partial charge in [-0.05, 0) is 189 Å². The minimum absolute atomic E-state index is 0.107. The Hall–Kier alpha value is -4.78. The Morgan fingerprint density at radius 3 is 1.03 bits per heavy atom. The second kappa shape index (κ2) is 21.0. The average Bonchev–Trinajstić information content (AvgIpc) is 3.85. The van der Waals surface area contributed by atoms with Gasteiger partial charge in [-0.15, -0.1) is 0 Å². The van der Waals surface area contributed by atoms with Crippen LogP contribution in [0.4, 0.5) is 0 Å². The first-order valence-corrected chi connectivity index (χ1v) is 28.0. The lowest BCUT2D eigenvalue weighted by molar-refractivity contribution is 0.589. The lowest BCUT2D eigenvalue weighted by atomic mass is 9.83. The third kappa shape index (κ3) is 12.7. The average molecular weight is 1100 g/mol. The zero-order valence-electron chi connectivity index (χ0n) is 43.9. The van der Waals surface area contributed by atoms with Gasteiger partial charge in [0.05, 0.1) is 11.0 Å². The predicted molar refractivity (Wildman–Crippen MR) is 318 cm³/mol. The predicted octanol–water partition coefficient (Wildman–Crippen LogP) is 21.1. The third-order valence-electron chi connectivity index (χ3n) is 13.3. The van der Waals surface area contributed by atoms with Gasteiger partial charge < -0.3 is 4.57 Å². The molecule has 0 unspecified atom stereocenters. The van der Waals surface area contributed by atoms with E-state index >= 15 is 0 Å². The maximum Gasteiger partial charge on any atom is 0.0541 e. The van der Waals surface area contributed by atoms with Crippen LogP contribution < -0.4 is 0 Å². The summed E-state index contributed by atoms with van der Waals surface area (Å²) >= 11 is 10.5. The molecule has 0 atom stereocenters. The number of rotatable bonds is 5. The van der Waals surface area contributed by atoms with Crippen LogP contribution in [-0.4, -0.2) is 4.57 Å². The van der Waals surface area contributed by atoms with Crippen LogP contribution >= 0.6 is 55.4 Å². The van der Waals surface area contributed by atoms with Crippen molar-refractivity contribution in [3.63, 3.8) is 0 Å². The Balaban J connectivity index is 0.000000159. The molecule has 1 aliphatic carbocycles. The molecule has 0 spiro atoms. The number of benzene rings is 8. The normalized spacial score (nSPS) is 12.5. The van der Waals surface area contributed by atoms with Crippen molar-refractivity contribution in [3.8, 4) is 16.8 Å². The van der Waals surface area contributed by atoms with Crippen LogP contribution in [-0.2, 0) is 28.1 Å². The van der Waals surface area contributed by atoms with E-state index in [1.54, 1.807) is 23.5 Å². The molecule has 0 saturated carbocycles. The fraction of sp³-hybridized carbons (Fsp3) is 0.273. The van der Waals surface area contributed by atoms with Gasteiger partial charge in [0.2, 0.25) is 0 Å². The quantitative estimate of drug-likeness (QED) is 0.169. The van der Waals surface area contributed by atoms with Crippen LogP contribution in [0.5, 0.6) is 0 Å². The van der Waals surface area contributed by atoms with Crippen LogP contribution in [0.15, 0.2) is 198 Å². The summed E-state index contributed by atoms with van der Waals surface area (Å²) < 4.78 is 4.64. The van der Waals surface area contributed by atoms with E-state index in [1.165, 1.54) is 97.1 Å². The Morgan fingerprint density at radius 1 is 0.366 bits per heavy atom. The summed E-state index contributed by atoms with van der Waals surface area (Å²) in [4.78, 5) is 5.02. The first-order chi connectivity index (χ1) is 33.4. The van der Waals surface area contributed by atoms with Gasteiger partial charge in [-0.25, -0.2) is 0 Å². The minimum Gasteiger partial charge on any atom is -0.309 e. The topological polar surface area (TPSA) is 4.93 Å². The van der Waals surface area contributed by atoms with Crippen molar-refractivity contribution < 1.29 is 0 Å². The molecule has 0 aliphatic heterocycles. The molecule has 5 heteroatoms.